The van der Waals surface area contributed by atoms with Gasteiger partial charge in [0.05, 0.1) is 5.52 Å². The van der Waals surface area contributed by atoms with Gasteiger partial charge in [-0.15, -0.1) is 10.2 Å². The van der Waals surface area contributed by atoms with Crippen LogP contribution in [-0.2, 0) is 0 Å². The van der Waals surface area contributed by atoms with Gasteiger partial charge in [0.2, 0.25) is 0 Å². The van der Waals surface area contributed by atoms with E-state index in [0.717, 1.165) is 22.4 Å². The molecule has 4 rings (SSSR count). The highest BCUT2D eigenvalue weighted by atomic mass is 15.3. The van der Waals surface area contributed by atoms with E-state index in [0.29, 0.717) is 5.92 Å². The quantitative estimate of drug-likeness (QED) is 0.667. The second-order valence-corrected chi connectivity index (χ2v) is 5.35. The zero-order chi connectivity index (χ0) is 12.7. The van der Waals surface area contributed by atoms with Gasteiger partial charge < -0.3 is 0 Å². The molecule has 0 atom stereocenters. The minimum absolute atomic E-state index is 0.548. The lowest BCUT2D eigenvalue weighted by molar-refractivity contribution is 0.426. The van der Waals surface area contributed by atoms with E-state index >= 15 is 0 Å². The Hall–Kier alpha value is -1.97. The molecule has 0 aliphatic heterocycles. The fraction of sp³-hybridized carbons (Fsp3) is 0.400. The van der Waals surface area contributed by atoms with Crippen molar-refractivity contribution in [3.05, 3.63) is 36.4 Å². The normalized spacial score (nSPS) is 17.3. The van der Waals surface area contributed by atoms with Crippen molar-refractivity contribution >= 4 is 16.6 Å². The zero-order valence-corrected chi connectivity index (χ0v) is 10.8. The number of nitrogens with zero attached hydrogens (tertiary/aromatic N) is 4. The van der Waals surface area contributed by atoms with E-state index < -0.39 is 0 Å². The molecule has 1 fully saturated rings. The summed E-state index contributed by atoms with van der Waals surface area (Å²) in [5, 5.41) is 9.92. The van der Waals surface area contributed by atoms with E-state index in [-0.39, 0.29) is 0 Å². The molecule has 2 aromatic heterocycles. The highest BCUT2D eigenvalue weighted by molar-refractivity contribution is 5.90. The molecule has 1 aliphatic carbocycles. The van der Waals surface area contributed by atoms with E-state index in [4.69, 9.17) is 0 Å². The lowest BCUT2D eigenvalue weighted by Crippen LogP contribution is -2.08. The number of fused-ring (bicyclic) bond motifs is 3. The van der Waals surface area contributed by atoms with Crippen LogP contribution in [0.25, 0.3) is 16.6 Å². The SMILES string of the molecule is c1ccc2c(c1)ncn1c(C3CCCCC3)nnc21. The third-order valence-electron chi connectivity index (χ3n) is 4.15. The van der Waals surface area contributed by atoms with Crippen LogP contribution in [0.3, 0.4) is 0 Å². The van der Waals surface area contributed by atoms with Crippen LogP contribution in [-0.4, -0.2) is 19.6 Å². The Morgan fingerprint density at radius 1 is 1.00 bits per heavy atom. The lowest BCUT2D eigenvalue weighted by Gasteiger charge is -2.19. The van der Waals surface area contributed by atoms with E-state index in [1.54, 1.807) is 0 Å². The molecule has 19 heavy (non-hydrogen) atoms. The van der Waals surface area contributed by atoms with Crippen molar-refractivity contribution in [3.8, 4) is 0 Å². The molecule has 1 aliphatic rings. The number of aromatic nitrogens is 4. The van der Waals surface area contributed by atoms with Gasteiger partial charge in [0.1, 0.15) is 12.2 Å². The van der Waals surface area contributed by atoms with E-state index in [1.807, 2.05) is 24.5 Å². The van der Waals surface area contributed by atoms with Crippen LogP contribution >= 0.6 is 0 Å². The lowest BCUT2D eigenvalue weighted by atomic mass is 9.89. The second kappa shape index (κ2) is 4.30. The number of benzene rings is 1. The predicted octanol–water partition coefficient (Wildman–Crippen LogP) is 3.33. The maximum Gasteiger partial charge on any atom is 0.171 e. The molecule has 0 radical (unpaired) electrons. The first-order valence-corrected chi connectivity index (χ1v) is 7.02. The smallest absolute Gasteiger partial charge is 0.171 e. The summed E-state index contributed by atoms with van der Waals surface area (Å²) in [6.45, 7) is 0. The van der Waals surface area contributed by atoms with Crippen molar-refractivity contribution in [1.82, 2.24) is 19.6 Å². The monoisotopic (exact) mass is 252 g/mol. The molecule has 0 spiro atoms. The molecule has 1 saturated carbocycles. The first-order valence-electron chi connectivity index (χ1n) is 7.02. The molecule has 0 amide bonds. The standard InChI is InChI=1S/C15H16N4/c1-2-6-11(7-3-1)14-17-18-15-12-8-4-5-9-13(12)16-10-19(14)15/h4-5,8-11H,1-3,6-7H2. The first-order chi connectivity index (χ1) is 9.43. The molecular weight excluding hydrogens is 236 g/mol. The molecule has 2 heterocycles. The van der Waals surface area contributed by atoms with Crippen molar-refractivity contribution in [3.63, 3.8) is 0 Å². The van der Waals surface area contributed by atoms with Crippen molar-refractivity contribution < 1.29 is 0 Å². The highest BCUT2D eigenvalue weighted by Crippen LogP contribution is 2.32. The molecule has 0 bridgehead atoms. The molecule has 4 heteroatoms. The minimum atomic E-state index is 0.548. The van der Waals surface area contributed by atoms with Crippen LogP contribution in [0, 0.1) is 0 Å². The van der Waals surface area contributed by atoms with Crippen LogP contribution in [0.1, 0.15) is 43.8 Å². The van der Waals surface area contributed by atoms with E-state index in [9.17, 15) is 0 Å². The number of para-hydroxylation sites is 1. The maximum atomic E-state index is 4.52. The molecule has 4 nitrogen and oxygen atoms in total. The fourth-order valence-electron chi connectivity index (χ4n) is 3.14. The highest BCUT2D eigenvalue weighted by Gasteiger charge is 2.21. The van der Waals surface area contributed by atoms with Crippen molar-refractivity contribution in [2.75, 3.05) is 0 Å². The third kappa shape index (κ3) is 1.70. The summed E-state index contributed by atoms with van der Waals surface area (Å²) in [6, 6.07) is 8.12. The van der Waals surface area contributed by atoms with Gasteiger partial charge in [-0.3, -0.25) is 4.40 Å². The average molecular weight is 252 g/mol. The summed E-state index contributed by atoms with van der Waals surface area (Å²) in [5.74, 6) is 1.64. The molecule has 0 unspecified atom stereocenters. The summed E-state index contributed by atoms with van der Waals surface area (Å²) in [6.07, 6.45) is 8.30. The van der Waals surface area contributed by atoms with Crippen LogP contribution in [0.15, 0.2) is 30.6 Å². The van der Waals surface area contributed by atoms with Crippen LogP contribution in [0.5, 0.6) is 0 Å². The predicted molar refractivity (Wildman–Crippen MR) is 74.1 cm³/mol. The van der Waals surface area contributed by atoms with Gasteiger partial charge in [-0.2, -0.15) is 0 Å². The summed E-state index contributed by atoms with van der Waals surface area (Å²) >= 11 is 0. The maximum absolute atomic E-state index is 4.52. The van der Waals surface area contributed by atoms with Crippen molar-refractivity contribution in [1.29, 1.82) is 0 Å². The van der Waals surface area contributed by atoms with Crippen LogP contribution in [0.4, 0.5) is 0 Å². The van der Waals surface area contributed by atoms with Gasteiger partial charge >= 0.3 is 0 Å². The zero-order valence-electron chi connectivity index (χ0n) is 10.8. The first kappa shape index (κ1) is 10.9. The Kier molecular flexibility index (Phi) is 2.47. The van der Waals surface area contributed by atoms with E-state index in [2.05, 4.69) is 25.6 Å². The van der Waals surface area contributed by atoms with Gasteiger partial charge in [0.25, 0.3) is 0 Å². The fourth-order valence-corrected chi connectivity index (χ4v) is 3.14. The minimum Gasteiger partial charge on any atom is -0.268 e. The van der Waals surface area contributed by atoms with Gasteiger partial charge in [-0.05, 0) is 25.0 Å². The summed E-state index contributed by atoms with van der Waals surface area (Å²) < 4.78 is 2.08. The number of rotatable bonds is 1. The van der Waals surface area contributed by atoms with Gasteiger partial charge in [0.15, 0.2) is 5.65 Å². The molecule has 1 aromatic carbocycles. The van der Waals surface area contributed by atoms with E-state index in [1.165, 1.54) is 32.1 Å². The second-order valence-electron chi connectivity index (χ2n) is 5.35. The Morgan fingerprint density at radius 2 is 1.84 bits per heavy atom. The topological polar surface area (TPSA) is 43.1 Å². The van der Waals surface area contributed by atoms with Gasteiger partial charge in [-0.1, -0.05) is 31.4 Å². The van der Waals surface area contributed by atoms with Crippen molar-refractivity contribution in [2.24, 2.45) is 0 Å². The Morgan fingerprint density at radius 3 is 2.74 bits per heavy atom. The van der Waals surface area contributed by atoms with Crippen LogP contribution < -0.4 is 0 Å². The third-order valence-corrected chi connectivity index (χ3v) is 4.15. The summed E-state index contributed by atoms with van der Waals surface area (Å²) in [5.41, 5.74) is 1.92. The van der Waals surface area contributed by atoms with Crippen LogP contribution in [0.2, 0.25) is 0 Å². The Bertz CT molecular complexity index is 725. The van der Waals surface area contributed by atoms with Gasteiger partial charge in [0, 0.05) is 11.3 Å². The molecule has 0 saturated heterocycles. The summed E-state index contributed by atoms with van der Waals surface area (Å²) in [4.78, 5) is 4.52. The average Bonchev–Trinajstić information content (AvgIpc) is 2.92. The Labute approximate surface area is 111 Å². The van der Waals surface area contributed by atoms with Crippen molar-refractivity contribution in [2.45, 2.75) is 38.0 Å². The molecule has 3 aromatic rings. The largest absolute Gasteiger partial charge is 0.268 e. The molecule has 0 N–H and O–H groups in total. The summed E-state index contributed by atoms with van der Waals surface area (Å²) in [7, 11) is 0. The Balaban J connectivity index is 1.91. The van der Waals surface area contributed by atoms with Gasteiger partial charge in [-0.25, -0.2) is 4.98 Å². The molecule has 96 valence electrons. The number of hydrogen-bond donors (Lipinski definition) is 0. The number of hydrogen-bond acceptors (Lipinski definition) is 3. The molecular formula is C15H16N4.